The maximum atomic E-state index is 4.87. The molecule has 0 spiro atoms. The molecule has 0 saturated carbocycles. The van der Waals surface area contributed by atoms with Crippen LogP contribution in [0.3, 0.4) is 0 Å². The molecule has 0 radical (unpaired) electrons. The van der Waals surface area contributed by atoms with E-state index in [1.54, 1.807) is 0 Å². The van der Waals surface area contributed by atoms with Crippen molar-refractivity contribution in [3.63, 3.8) is 0 Å². The van der Waals surface area contributed by atoms with Crippen molar-refractivity contribution in [1.82, 2.24) is 5.32 Å². The van der Waals surface area contributed by atoms with Gasteiger partial charge in [-0.15, -0.1) is 0 Å². The third-order valence-corrected chi connectivity index (χ3v) is 0.964. The summed E-state index contributed by atoms with van der Waals surface area (Å²) in [5.74, 6) is 0. The summed E-state index contributed by atoms with van der Waals surface area (Å²) < 4.78 is 0. The van der Waals surface area contributed by atoms with Crippen molar-refractivity contribution in [1.29, 1.82) is 0 Å². The number of hydrogen-bond acceptors (Lipinski definition) is 1. The highest BCUT2D eigenvalue weighted by Gasteiger charge is 1.78. The highest BCUT2D eigenvalue weighted by molar-refractivity contribution is 7.80. The average Bonchev–Trinajstić information content (AvgIpc) is 1.85. The summed E-state index contributed by atoms with van der Waals surface area (Å²) in [6.45, 7) is 3.87. The largest absolute Gasteiger partial charge is 0.353 e. The Morgan fingerprint density at radius 1 is 1.33 bits per heavy atom. The van der Waals surface area contributed by atoms with Gasteiger partial charge in [0.25, 0.3) is 0 Å². The van der Waals surface area contributed by atoms with Crippen molar-refractivity contribution in [2.45, 2.75) is 13.8 Å². The topological polar surface area (TPSA) is 12.0 Å². The van der Waals surface area contributed by atoms with Crippen LogP contribution >= 0.6 is 12.2 Å². The minimum Gasteiger partial charge on any atom is -0.353 e. The number of hydrogen-bond donors (Lipinski definition) is 1. The monoisotopic (exact) mass is 141 g/mol. The van der Waals surface area contributed by atoms with Crippen molar-refractivity contribution in [3.05, 3.63) is 24.4 Å². The summed E-state index contributed by atoms with van der Waals surface area (Å²) in [7, 11) is 0. The molecule has 0 aromatic carbocycles. The fourth-order valence-corrected chi connectivity index (χ4v) is 0.569. The van der Waals surface area contributed by atoms with Crippen LogP contribution in [0.2, 0.25) is 0 Å². The second-order valence-electron chi connectivity index (χ2n) is 1.51. The molecule has 0 fully saturated rings. The normalized spacial score (nSPS) is 10.9. The van der Waals surface area contributed by atoms with Crippen molar-refractivity contribution >= 4 is 17.2 Å². The molecule has 0 aliphatic heterocycles. The molecular formula is C7H11NS. The Labute approximate surface area is 61.5 Å². The van der Waals surface area contributed by atoms with Crippen LogP contribution in [0.15, 0.2) is 24.4 Å². The van der Waals surface area contributed by atoms with Crippen molar-refractivity contribution in [3.8, 4) is 0 Å². The summed E-state index contributed by atoms with van der Waals surface area (Å²) in [6.07, 6.45) is 7.45. The molecule has 0 atom stereocenters. The summed E-state index contributed by atoms with van der Waals surface area (Å²) in [4.78, 5) is 0.746. The summed E-state index contributed by atoms with van der Waals surface area (Å²) >= 11 is 4.87. The molecule has 9 heavy (non-hydrogen) atoms. The van der Waals surface area contributed by atoms with E-state index in [-0.39, 0.29) is 0 Å². The van der Waals surface area contributed by atoms with Gasteiger partial charge in [-0.3, -0.25) is 0 Å². The summed E-state index contributed by atoms with van der Waals surface area (Å²) in [5.41, 5.74) is 0. The fraction of sp³-hybridized carbons (Fsp3) is 0.286. The van der Waals surface area contributed by atoms with Crippen LogP contribution in [0.25, 0.3) is 0 Å². The Kier molecular flexibility index (Phi) is 5.12. The SMILES string of the molecule is C/C=C\NC(=S)/C=C\C. The van der Waals surface area contributed by atoms with Crippen LogP contribution in [-0.2, 0) is 0 Å². The molecule has 0 unspecified atom stereocenters. The van der Waals surface area contributed by atoms with Crippen LogP contribution in [0.1, 0.15) is 13.8 Å². The Balaban J connectivity index is 3.51. The van der Waals surface area contributed by atoms with Crippen molar-refractivity contribution < 1.29 is 0 Å². The van der Waals surface area contributed by atoms with Crippen molar-refractivity contribution in [2.24, 2.45) is 0 Å². The highest BCUT2D eigenvalue weighted by atomic mass is 32.1. The van der Waals surface area contributed by atoms with E-state index in [9.17, 15) is 0 Å². The van der Waals surface area contributed by atoms with Crippen LogP contribution in [0, 0.1) is 0 Å². The molecule has 1 N–H and O–H groups in total. The molecule has 0 rings (SSSR count). The first-order valence-corrected chi connectivity index (χ1v) is 3.26. The van der Waals surface area contributed by atoms with E-state index in [1.165, 1.54) is 0 Å². The van der Waals surface area contributed by atoms with E-state index < -0.39 is 0 Å². The maximum absolute atomic E-state index is 4.87. The molecule has 2 heteroatoms. The van der Waals surface area contributed by atoms with Gasteiger partial charge in [0, 0.05) is 0 Å². The lowest BCUT2D eigenvalue weighted by molar-refractivity contribution is 1.31. The molecule has 0 aromatic rings. The molecule has 0 amide bonds. The zero-order valence-corrected chi connectivity index (χ0v) is 6.53. The molecule has 0 aliphatic carbocycles. The van der Waals surface area contributed by atoms with Gasteiger partial charge < -0.3 is 5.32 Å². The minimum atomic E-state index is 0.746. The molecule has 0 bridgehead atoms. The quantitative estimate of drug-likeness (QED) is 0.466. The maximum Gasteiger partial charge on any atom is 0.102 e. The van der Waals surface area contributed by atoms with Gasteiger partial charge in [0.2, 0.25) is 0 Å². The molecule has 0 heterocycles. The average molecular weight is 141 g/mol. The zero-order chi connectivity index (χ0) is 7.11. The Hall–Kier alpha value is -0.630. The number of nitrogens with one attached hydrogen (secondary N) is 1. The van der Waals surface area contributed by atoms with Gasteiger partial charge >= 0.3 is 0 Å². The lowest BCUT2D eigenvalue weighted by Crippen LogP contribution is -2.10. The third kappa shape index (κ3) is 5.24. The highest BCUT2D eigenvalue weighted by Crippen LogP contribution is 1.76. The van der Waals surface area contributed by atoms with E-state index >= 15 is 0 Å². The Morgan fingerprint density at radius 2 is 2.00 bits per heavy atom. The van der Waals surface area contributed by atoms with Gasteiger partial charge in [-0.1, -0.05) is 24.4 Å². The Bertz CT molecular complexity index is 136. The molecule has 0 aliphatic rings. The number of rotatable bonds is 2. The number of allylic oxidation sites excluding steroid dienone is 2. The van der Waals surface area contributed by atoms with E-state index in [1.807, 2.05) is 38.3 Å². The molecule has 0 aromatic heterocycles. The van der Waals surface area contributed by atoms with Gasteiger partial charge in [-0.25, -0.2) is 0 Å². The lowest BCUT2D eigenvalue weighted by Gasteiger charge is -1.92. The predicted octanol–water partition coefficient (Wildman–Crippen LogP) is 2.01. The molecule has 1 nitrogen and oxygen atoms in total. The molecule has 0 saturated heterocycles. The summed E-state index contributed by atoms with van der Waals surface area (Å²) in [5, 5.41) is 2.90. The minimum absolute atomic E-state index is 0.746. The van der Waals surface area contributed by atoms with Gasteiger partial charge in [0.1, 0.15) is 4.99 Å². The van der Waals surface area contributed by atoms with Crippen LogP contribution in [-0.4, -0.2) is 4.99 Å². The predicted molar refractivity (Wildman–Crippen MR) is 45.4 cm³/mol. The first-order valence-electron chi connectivity index (χ1n) is 2.85. The second kappa shape index (κ2) is 5.51. The van der Waals surface area contributed by atoms with Gasteiger partial charge in [-0.2, -0.15) is 0 Å². The van der Waals surface area contributed by atoms with E-state index in [4.69, 9.17) is 12.2 Å². The van der Waals surface area contributed by atoms with Crippen LogP contribution in [0.4, 0.5) is 0 Å². The standard InChI is InChI=1S/C7H11NS/c1-3-5-7(9)8-6-4-2/h3-6H,1-2H3,(H,8,9)/b5-3-,6-4-. The molecular weight excluding hydrogens is 130 g/mol. The lowest BCUT2D eigenvalue weighted by atomic mass is 10.5. The van der Waals surface area contributed by atoms with Crippen LogP contribution in [0.5, 0.6) is 0 Å². The summed E-state index contributed by atoms with van der Waals surface area (Å²) in [6, 6.07) is 0. The first-order chi connectivity index (χ1) is 4.31. The fourth-order valence-electron chi connectivity index (χ4n) is 0.365. The van der Waals surface area contributed by atoms with Gasteiger partial charge in [0.15, 0.2) is 0 Å². The van der Waals surface area contributed by atoms with Gasteiger partial charge in [-0.05, 0) is 26.1 Å². The van der Waals surface area contributed by atoms with Crippen molar-refractivity contribution in [2.75, 3.05) is 0 Å². The van der Waals surface area contributed by atoms with Gasteiger partial charge in [0.05, 0.1) is 0 Å². The second-order valence-corrected chi connectivity index (χ2v) is 1.95. The van der Waals surface area contributed by atoms with E-state index in [2.05, 4.69) is 5.32 Å². The van der Waals surface area contributed by atoms with E-state index in [0.29, 0.717) is 0 Å². The first kappa shape index (κ1) is 8.37. The Morgan fingerprint density at radius 3 is 2.44 bits per heavy atom. The zero-order valence-electron chi connectivity index (χ0n) is 5.72. The number of thiocarbonyl (C=S) groups is 1. The smallest absolute Gasteiger partial charge is 0.102 e. The molecule has 50 valence electrons. The van der Waals surface area contributed by atoms with E-state index in [0.717, 1.165) is 4.99 Å². The third-order valence-electron chi connectivity index (χ3n) is 0.710. The van der Waals surface area contributed by atoms with Crippen LogP contribution < -0.4 is 5.32 Å².